The summed E-state index contributed by atoms with van der Waals surface area (Å²) in [6.07, 6.45) is 3.33. The number of nitrogens with zero attached hydrogens (tertiary/aromatic N) is 4. The number of rotatable bonds is 8. The topological polar surface area (TPSA) is 117 Å². The molecule has 2 aromatic heterocycles. The molecule has 10 nitrogen and oxygen atoms in total. The van der Waals surface area contributed by atoms with Crippen molar-refractivity contribution in [1.82, 2.24) is 19.3 Å². The highest BCUT2D eigenvalue weighted by molar-refractivity contribution is 8.00. The fourth-order valence-electron chi connectivity index (χ4n) is 3.95. The van der Waals surface area contributed by atoms with Crippen LogP contribution in [0.4, 0.5) is 5.82 Å². The van der Waals surface area contributed by atoms with Crippen LogP contribution in [-0.2, 0) is 20.8 Å². The van der Waals surface area contributed by atoms with E-state index in [1.165, 1.54) is 24.9 Å². The summed E-state index contributed by atoms with van der Waals surface area (Å²) in [6.45, 7) is 6.72. The molecular formula is C24H29N5O5S. The van der Waals surface area contributed by atoms with Gasteiger partial charge in [-0.1, -0.05) is 11.8 Å². The second-order valence-corrected chi connectivity index (χ2v) is 9.98. The molecule has 0 bridgehead atoms. The third kappa shape index (κ3) is 5.40. The van der Waals surface area contributed by atoms with Crippen LogP contribution in [0.2, 0.25) is 0 Å². The summed E-state index contributed by atoms with van der Waals surface area (Å²) in [4.78, 5) is 43.1. The summed E-state index contributed by atoms with van der Waals surface area (Å²) in [5.74, 6) is -0.150. The van der Waals surface area contributed by atoms with Crippen LogP contribution in [-0.4, -0.2) is 56.3 Å². The summed E-state index contributed by atoms with van der Waals surface area (Å²) < 4.78 is 13.9. The molecule has 0 radical (unpaired) electrons. The summed E-state index contributed by atoms with van der Waals surface area (Å²) in [6, 6.07) is 6.50. The van der Waals surface area contributed by atoms with Crippen LogP contribution in [0.1, 0.15) is 50.0 Å². The summed E-state index contributed by atoms with van der Waals surface area (Å²) >= 11 is 1.19. The van der Waals surface area contributed by atoms with Gasteiger partial charge in [-0.25, -0.2) is 14.5 Å². The van der Waals surface area contributed by atoms with Crippen molar-refractivity contribution in [3.8, 4) is 0 Å². The number of carbonyl (C=O) groups is 2. The Labute approximate surface area is 207 Å². The standard InChI is InChI=1S/C24H29N5O5S/c1-14(2)29-20(9-10-25-29)27-21(30)15(3)35-24-26-19-12-16(23(32)33-4)7-8-18(19)22(31)28(24)13-17-6-5-11-34-17/h7-10,12,14-15,17H,5-6,11,13H2,1-4H3,(H,27,30)/t15-,17+/m0/s1. The fourth-order valence-corrected chi connectivity index (χ4v) is 4.87. The van der Waals surface area contributed by atoms with E-state index in [0.29, 0.717) is 40.6 Å². The highest BCUT2D eigenvalue weighted by Crippen LogP contribution is 2.26. The lowest BCUT2D eigenvalue weighted by molar-refractivity contribution is -0.115. The number of anilines is 1. The molecule has 1 fully saturated rings. The first kappa shape index (κ1) is 24.9. The number of carbonyl (C=O) groups excluding carboxylic acids is 2. The molecule has 1 aliphatic heterocycles. The second kappa shape index (κ2) is 10.6. The van der Waals surface area contributed by atoms with E-state index >= 15 is 0 Å². The van der Waals surface area contributed by atoms with E-state index < -0.39 is 11.2 Å². The van der Waals surface area contributed by atoms with E-state index in [1.54, 1.807) is 40.6 Å². The Balaban J connectivity index is 1.67. The van der Waals surface area contributed by atoms with Crippen molar-refractivity contribution in [2.24, 2.45) is 0 Å². The van der Waals surface area contributed by atoms with Crippen molar-refractivity contribution >= 4 is 40.4 Å². The van der Waals surface area contributed by atoms with E-state index in [9.17, 15) is 14.4 Å². The first-order chi connectivity index (χ1) is 16.8. The quantitative estimate of drug-likeness (QED) is 0.285. The molecule has 1 saturated heterocycles. The van der Waals surface area contributed by atoms with Gasteiger partial charge in [-0.05, 0) is 51.8 Å². The van der Waals surface area contributed by atoms with Gasteiger partial charge in [0.15, 0.2) is 5.16 Å². The molecule has 3 heterocycles. The first-order valence-corrected chi connectivity index (χ1v) is 12.4. The number of amides is 1. The van der Waals surface area contributed by atoms with Crippen LogP contribution in [0.15, 0.2) is 40.4 Å². The number of methoxy groups -OCH3 is 1. The Morgan fingerprint density at radius 2 is 2.09 bits per heavy atom. The van der Waals surface area contributed by atoms with Gasteiger partial charge in [-0.2, -0.15) is 5.10 Å². The molecule has 35 heavy (non-hydrogen) atoms. The normalized spacial score (nSPS) is 16.5. The van der Waals surface area contributed by atoms with Crippen molar-refractivity contribution < 1.29 is 19.1 Å². The summed E-state index contributed by atoms with van der Waals surface area (Å²) in [7, 11) is 1.30. The molecule has 1 aliphatic rings. The van der Waals surface area contributed by atoms with Gasteiger partial charge in [0.25, 0.3) is 5.56 Å². The van der Waals surface area contributed by atoms with Gasteiger partial charge in [-0.3, -0.25) is 14.2 Å². The van der Waals surface area contributed by atoms with Crippen LogP contribution in [0.25, 0.3) is 10.9 Å². The average Bonchev–Trinajstić information content (AvgIpc) is 3.52. The summed E-state index contributed by atoms with van der Waals surface area (Å²) in [5, 5.41) is 7.37. The van der Waals surface area contributed by atoms with E-state index in [4.69, 9.17) is 9.47 Å². The molecule has 0 saturated carbocycles. The minimum Gasteiger partial charge on any atom is -0.465 e. The van der Waals surface area contributed by atoms with Crippen molar-refractivity contribution in [3.05, 3.63) is 46.4 Å². The van der Waals surface area contributed by atoms with Crippen LogP contribution in [0.5, 0.6) is 0 Å². The monoisotopic (exact) mass is 499 g/mol. The number of aromatic nitrogens is 4. The first-order valence-electron chi connectivity index (χ1n) is 11.5. The van der Waals surface area contributed by atoms with E-state index in [-0.39, 0.29) is 23.6 Å². The SMILES string of the molecule is COC(=O)c1ccc2c(=O)n(C[C@H]3CCCO3)c(S[C@@H](C)C(=O)Nc3ccnn3C(C)C)nc2c1. The van der Waals surface area contributed by atoms with Crippen LogP contribution >= 0.6 is 11.8 Å². The fraction of sp³-hybridized carbons (Fsp3) is 0.458. The number of ether oxygens (including phenoxy) is 2. The highest BCUT2D eigenvalue weighted by Gasteiger charge is 2.24. The molecule has 0 aliphatic carbocycles. The largest absolute Gasteiger partial charge is 0.465 e. The number of hydrogen-bond acceptors (Lipinski definition) is 8. The molecule has 1 amide bonds. The van der Waals surface area contributed by atoms with Gasteiger partial charge < -0.3 is 14.8 Å². The predicted octanol–water partition coefficient (Wildman–Crippen LogP) is 3.26. The maximum absolute atomic E-state index is 13.4. The lowest BCUT2D eigenvalue weighted by Crippen LogP contribution is -2.30. The van der Waals surface area contributed by atoms with Gasteiger partial charge in [0.05, 0.1) is 47.7 Å². The van der Waals surface area contributed by atoms with Crippen LogP contribution < -0.4 is 10.9 Å². The van der Waals surface area contributed by atoms with Crippen LogP contribution in [0.3, 0.4) is 0 Å². The summed E-state index contributed by atoms with van der Waals surface area (Å²) in [5.41, 5.74) is 0.428. The average molecular weight is 500 g/mol. The number of esters is 1. The number of benzene rings is 1. The van der Waals surface area contributed by atoms with Gasteiger partial charge in [0.2, 0.25) is 5.91 Å². The Morgan fingerprint density at radius 3 is 2.77 bits per heavy atom. The molecule has 3 aromatic rings. The van der Waals surface area contributed by atoms with Crippen molar-refractivity contribution in [1.29, 1.82) is 0 Å². The molecule has 1 N–H and O–H groups in total. The van der Waals surface area contributed by atoms with E-state index in [0.717, 1.165) is 12.8 Å². The zero-order valence-electron chi connectivity index (χ0n) is 20.2. The van der Waals surface area contributed by atoms with Crippen molar-refractivity contribution in [2.75, 3.05) is 19.0 Å². The number of nitrogens with one attached hydrogen (secondary N) is 1. The predicted molar refractivity (Wildman–Crippen MR) is 133 cm³/mol. The maximum Gasteiger partial charge on any atom is 0.337 e. The minimum absolute atomic E-state index is 0.0889. The second-order valence-electron chi connectivity index (χ2n) is 8.67. The van der Waals surface area contributed by atoms with E-state index in [2.05, 4.69) is 15.4 Å². The van der Waals surface area contributed by atoms with Gasteiger partial charge in [0, 0.05) is 18.7 Å². The maximum atomic E-state index is 13.4. The van der Waals surface area contributed by atoms with Gasteiger partial charge in [-0.15, -0.1) is 0 Å². The molecular weight excluding hydrogens is 470 g/mol. The number of thioether (sulfide) groups is 1. The Morgan fingerprint density at radius 1 is 1.29 bits per heavy atom. The van der Waals surface area contributed by atoms with Crippen molar-refractivity contribution in [2.45, 2.75) is 62.7 Å². The Bertz CT molecular complexity index is 1300. The molecule has 11 heteroatoms. The molecule has 0 spiro atoms. The third-order valence-corrected chi connectivity index (χ3v) is 6.90. The van der Waals surface area contributed by atoms with Crippen molar-refractivity contribution in [3.63, 3.8) is 0 Å². The lowest BCUT2D eigenvalue weighted by atomic mass is 10.1. The van der Waals surface area contributed by atoms with Gasteiger partial charge in [0.1, 0.15) is 5.82 Å². The van der Waals surface area contributed by atoms with Crippen LogP contribution in [0, 0.1) is 0 Å². The lowest BCUT2D eigenvalue weighted by Gasteiger charge is -2.19. The van der Waals surface area contributed by atoms with E-state index in [1.807, 2.05) is 13.8 Å². The zero-order valence-corrected chi connectivity index (χ0v) is 21.0. The molecule has 4 rings (SSSR count). The molecule has 1 aromatic carbocycles. The Hall–Kier alpha value is -3.18. The molecule has 2 atom stereocenters. The molecule has 0 unspecified atom stereocenters. The number of hydrogen-bond donors (Lipinski definition) is 1. The Kier molecular flexibility index (Phi) is 7.56. The highest BCUT2D eigenvalue weighted by atomic mass is 32.2. The molecule has 186 valence electrons. The van der Waals surface area contributed by atoms with Gasteiger partial charge >= 0.3 is 5.97 Å². The minimum atomic E-state index is -0.561. The zero-order chi connectivity index (χ0) is 25.1. The smallest absolute Gasteiger partial charge is 0.337 e. The number of fused-ring (bicyclic) bond motifs is 1. The third-order valence-electron chi connectivity index (χ3n) is 5.81.